The Bertz CT molecular complexity index is 722. The minimum atomic E-state index is 0.584. The lowest BCUT2D eigenvalue weighted by Gasteiger charge is -1.97. The van der Waals surface area contributed by atoms with Crippen LogP contribution in [-0.2, 0) is 6.42 Å². The highest BCUT2D eigenvalue weighted by atomic mass is 79.9. The molecule has 0 aliphatic rings. The number of halogens is 1. The van der Waals surface area contributed by atoms with Gasteiger partial charge in [-0.15, -0.1) is 0 Å². The van der Waals surface area contributed by atoms with E-state index in [2.05, 4.69) is 26.1 Å². The first-order chi connectivity index (χ1) is 9.72. The Hall–Kier alpha value is -2.14. The van der Waals surface area contributed by atoms with E-state index in [1.807, 2.05) is 48.5 Å². The highest BCUT2D eigenvalue weighted by molar-refractivity contribution is 9.10. The van der Waals surface area contributed by atoms with E-state index in [-0.39, 0.29) is 0 Å². The fraction of sp³-hybridized carbons (Fsp3) is 0.0667. The maximum Gasteiger partial charge on any atom is 0.231 e. The van der Waals surface area contributed by atoms with Crippen LogP contribution in [0.5, 0.6) is 0 Å². The molecular weight excluding hydrogens is 318 g/mol. The van der Waals surface area contributed by atoms with Gasteiger partial charge in [-0.1, -0.05) is 45.4 Å². The molecule has 0 unspecified atom stereocenters. The second kappa shape index (κ2) is 5.46. The van der Waals surface area contributed by atoms with Crippen LogP contribution in [0.15, 0.2) is 57.5 Å². The van der Waals surface area contributed by atoms with Crippen molar-refractivity contribution in [3.63, 3.8) is 0 Å². The summed E-state index contributed by atoms with van der Waals surface area (Å²) in [5, 5.41) is 4.02. The Balaban J connectivity index is 1.84. The first-order valence-corrected chi connectivity index (χ1v) is 6.93. The van der Waals surface area contributed by atoms with Crippen LogP contribution in [0.1, 0.15) is 11.5 Å². The summed E-state index contributed by atoms with van der Waals surface area (Å²) in [6.07, 6.45) is 0.595. The van der Waals surface area contributed by atoms with E-state index in [9.17, 15) is 0 Å². The Morgan fingerprint density at radius 3 is 2.55 bits per heavy atom. The Labute approximate surface area is 124 Å². The Morgan fingerprint density at radius 2 is 1.80 bits per heavy atom. The SMILES string of the molecule is Nc1ccc(Cc2nc(-c3ccccc3Br)no2)cc1. The molecule has 2 aromatic carbocycles. The minimum absolute atomic E-state index is 0.584. The van der Waals surface area contributed by atoms with E-state index in [1.54, 1.807) is 0 Å². The number of nitrogens with two attached hydrogens (primary N) is 1. The number of anilines is 1. The van der Waals surface area contributed by atoms with Crippen molar-refractivity contribution >= 4 is 21.6 Å². The third kappa shape index (κ3) is 2.72. The van der Waals surface area contributed by atoms with Crippen molar-refractivity contribution in [1.82, 2.24) is 10.1 Å². The summed E-state index contributed by atoms with van der Waals surface area (Å²) in [5.41, 5.74) is 8.41. The number of benzene rings is 2. The number of nitrogen functional groups attached to an aromatic ring is 1. The van der Waals surface area contributed by atoms with E-state index in [1.165, 1.54) is 0 Å². The topological polar surface area (TPSA) is 64.9 Å². The molecule has 0 saturated heterocycles. The molecule has 0 fully saturated rings. The highest BCUT2D eigenvalue weighted by Gasteiger charge is 2.11. The van der Waals surface area contributed by atoms with Gasteiger partial charge >= 0.3 is 0 Å². The van der Waals surface area contributed by atoms with Gasteiger partial charge in [-0.05, 0) is 29.8 Å². The van der Waals surface area contributed by atoms with Crippen molar-refractivity contribution in [2.24, 2.45) is 0 Å². The monoisotopic (exact) mass is 329 g/mol. The first kappa shape index (κ1) is 12.9. The Kier molecular flexibility index (Phi) is 3.52. The van der Waals surface area contributed by atoms with E-state index in [0.29, 0.717) is 18.1 Å². The third-order valence-corrected chi connectivity index (χ3v) is 3.61. The van der Waals surface area contributed by atoms with Crippen LogP contribution in [0.25, 0.3) is 11.4 Å². The van der Waals surface area contributed by atoms with Gasteiger partial charge < -0.3 is 10.3 Å². The van der Waals surface area contributed by atoms with Gasteiger partial charge in [-0.2, -0.15) is 4.98 Å². The predicted molar refractivity (Wildman–Crippen MR) is 81.1 cm³/mol. The van der Waals surface area contributed by atoms with Crippen molar-refractivity contribution in [3.05, 3.63) is 64.5 Å². The Morgan fingerprint density at radius 1 is 1.05 bits per heavy atom. The molecule has 3 rings (SSSR count). The zero-order valence-corrected chi connectivity index (χ0v) is 12.2. The lowest BCUT2D eigenvalue weighted by molar-refractivity contribution is 0.385. The molecule has 3 aromatic rings. The van der Waals surface area contributed by atoms with Crippen molar-refractivity contribution in [2.45, 2.75) is 6.42 Å². The molecule has 0 saturated carbocycles. The van der Waals surface area contributed by atoms with Gasteiger partial charge in [-0.25, -0.2) is 0 Å². The van der Waals surface area contributed by atoms with Crippen LogP contribution in [0.4, 0.5) is 5.69 Å². The van der Waals surface area contributed by atoms with Gasteiger partial charge in [0.1, 0.15) is 0 Å². The molecule has 1 aromatic heterocycles. The highest BCUT2D eigenvalue weighted by Crippen LogP contribution is 2.25. The van der Waals surface area contributed by atoms with Gasteiger partial charge in [0.2, 0.25) is 11.7 Å². The normalized spacial score (nSPS) is 10.7. The second-order valence-electron chi connectivity index (χ2n) is 4.41. The van der Waals surface area contributed by atoms with Gasteiger partial charge in [0, 0.05) is 15.7 Å². The summed E-state index contributed by atoms with van der Waals surface area (Å²) in [4.78, 5) is 4.42. The standard InChI is InChI=1S/C15H12BrN3O/c16-13-4-2-1-3-12(13)15-18-14(20-19-15)9-10-5-7-11(17)8-6-10/h1-8H,9,17H2. The fourth-order valence-electron chi connectivity index (χ4n) is 1.89. The van der Waals surface area contributed by atoms with Crippen LogP contribution in [0.2, 0.25) is 0 Å². The molecule has 0 amide bonds. The van der Waals surface area contributed by atoms with Crippen LogP contribution < -0.4 is 5.73 Å². The van der Waals surface area contributed by atoms with Gasteiger partial charge in [-0.3, -0.25) is 0 Å². The molecule has 0 bridgehead atoms. The second-order valence-corrected chi connectivity index (χ2v) is 5.26. The van der Waals surface area contributed by atoms with Crippen LogP contribution >= 0.6 is 15.9 Å². The fourth-order valence-corrected chi connectivity index (χ4v) is 2.35. The molecule has 0 aliphatic carbocycles. The molecule has 100 valence electrons. The molecule has 1 heterocycles. The lowest BCUT2D eigenvalue weighted by atomic mass is 10.1. The van der Waals surface area contributed by atoms with Crippen molar-refractivity contribution in [2.75, 3.05) is 5.73 Å². The molecule has 0 radical (unpaired) electrons. The van der Waals surface area contributed by atoms with E-state index < -0.39 is 0 Å². The number of hydrogen-bond donors (Lipinski definition) is 1. The zero-order valence-electron chi connectivity index (χ0n) is 10.6. The van der Waals surface area contributed by atoms with Gasteiger partial charge in [0.15, 0.2) is 0 Å². The number of rotatable bonds is 3. The van der Waals surface area contributed by atoms with E-state index in [0.717, 1.165) is 21.3 Å². The molecule has 2 N–H and O–H groups in total. The molecule has 20 heavy (non-hydrogen) atoms. The number of nitrogens with zero attached hydrogens (tertiary/aromatic N) is 2. The van der Waals surface area contributed by atoms with E-state index in [4.69, 9.17) is 10.3 Å². The molecule has 0 spiro atoms. The first-order valence-electron chi connectivity index (χ1n) is 6.14. The zero-order chi connectivity index (χ0) is 13.9. The summed E-state index contributed by atoms with van der Waals surface area (Å²) >= 11 is 3.48. The molecule has 0 atom stereocenters. The van der Waals surface area contributed by atoms with Crippen molar-refractivity contribution < 1.29 is 4.52 Å². The van der Waals surface area contributed by atoms with Crippen LogP contribution in [0.3, 0.4) is 0 Å². The molecule has 0 aliphatic heterocycles. The average molecular weight is 330 g/mol. The summed E-state index contributed by atoms with van der Waals surface area (Å²) in [5.74, 6) is 1.17. The maximum absolute atomic E-state index is 5.66. The van der Waals surface area contributed by atoms with Crippen LogP contribution in [-0.4, -0.2) is 10.1 Å². The van der Waals surface area contributed by atoms with Gasteiger partial charge in [0.05, 0.1) is 6.42 Å². The summed E-state index contributed by atoms with van der Waals surface area (Å²) in [7, 11) is 0. The molecule has 5 heteroatoms. The maximum atomic E-state index is 5.66. The summed E-state index contributed by atoms with van der Waals surface area (Å²) in [6.45, 7) is 0. The minimum Gasteiger partial charge on any atom is -0.399 e. The molecule has 4 nitrogen and oxygen atoms in total. The van der Waals surface area contributed by atoms with Crippen LogP contribution in [0, 0.1) is 0 Å². The lowest BCUT2D eigenvalue weighted by Crippen LogP contribution is -1.90. The van der Waals surface area contributed by atoms with Crippen molar-refractivity contribution in [3.8, 4) is 11.4 Å². The van der Waals surface area contributed by atoms with E-state index >= 15 is 0 Å². The van der Waals surface area contributed by atoms with Gasteiger partial charge in [0.25, 0.3) is 0 Å². The summed E-state index contributed by atoms with van der Waals surface area (Å²) in [6, 6.07) is 15.4. The quantitative estimate of drug-likeness (QED) is 0.744. The summed E-state index contributed by atoms with van der Waals surface area (Å²) < 4.78 is 6.24. The third-order valence-electron chi connectivity index (χ3n) is 2.92. The van der Waals surface area contributed by atoms with Crippen molar-refractivity contribution in [1.29, 1.82) is 0 Å². The number of aromatic nitrogens is 2. The smallest absolute Gasteiger partial charge is 0.231 e. The number of hydrogen-bond acceptors (Lipinski definition) is 4. The predicted octanol–water partition coefficient (Wildman–Crippen LogP) is 3.67. The average Bonchev–Trinajstić information content (AvgIpc) is 2.90. The molecular formula is C15H12BrN3O. The largest absolute Gasteiger partial charge is 0.399 e.